The molecule has 21 heavy (non-hydrogen) atoms. The summed E-state index contributed by atoms with van der Waals surface area (Å²) in [6.45, 7) is 7.44. The predicted octanol–water partition coefficient (Wildman–Crippen LogP) is 5.18. The van der Waals surface area contributed by atoms with Gasteiger partial charge < -0.3 is 5.32 Å². The highest BCUT2D eigenvalue weighted by Crippen LogP contribution is 2.32. The van der Waals surface area contributed by atoms with E-state index in [1.807, 2.05) is 6.07 Å². The minimum absolute atomic E-state index is 0.717. The summed E-state index contributed by atoms with van der Waals surface area (Å²) < 4.78 is 0. The van der Waals surface area contributed by atoms with E-state index in [-0.39, 0.29) is 0 Å². The van der Waals surface area contributed by atoms with E-state index in [2.05, 4.69) is 50.4 Å². The maximum Gasteiger partial charge on any atom is 0.0412 e. The number of hydrogen-bond donors (Lipinski definition) is 1. The van der Waals surface area contributed by atoms with Gasteiger partial charge in [-0.3, -0.25) is 0 Å². The number of halogens is 1. The summed E-state index contributed by atoms with van der Waals surface area (Å²) in [5.41, 5.74) is 7.88. The Morgan fingerprint density at radius 2 is 1.67 bits per heavy atom. The lowest BCUT2D eigenvalue weighted by Gasteiger charge is -2.15. The van der Waals surface area contributed by atoms with Gasteiger partial charge >= 0.3 is 0 Å². The Morgan fingerprint density at radius 3 is 2.38 bits per heavy atom. The van der Waals surface area contributed by atoms with Crippen LogP contribution in [0.15, 0.2) is 30.3 Å². The number of rotatable bonds is 4. The standard InChI is InChI=1S/C19H22ClN/c1-12-8-14(3)18(9-13(12)2)19-10-16(20)5-4-15(19)11-21-17-6-7-17/h4-5,8-10,17,21H,6-7,11H2,1-3H3. The van der Waals surface area contributed by atoms with Gasteiger partial charge in [-0.2, -0.15) is 0 Å². The van der Waals surface area contributed by atoms with Gasteiger partial charge in [0, 0.05) is 17.6 Å². The van der Waals surface area contributed by atoms with E-state index >= 15 is 0 Å². The Morgan fingerprint density at radius 1 is 0.952 bits per heavy atom. The number of nitrogens with one attached hydrogen (secondary N) is 1. The summed E-state index contributed by atoms with van der Waals surface area (Å²) in [4.78, 5) is 0. The molecule has 0 radical (unpaired) electrons. The molecule has 0 aromatic heterocycles. The second-order valence-corrected chi connectivity index (χ2v) is 6.64. The maximum absolute atomic E-state index is 6.24. The van der Waals surface area contributed by atoms with E-state index < -0.39 is 0 Å². The van der Waals surface area contributed by atoms with Gasteiger partial charge in [0.1, 0.15) is 0 Å². The van der Waals surface area contributed by atoms with Crippen molar-refractivity contribution in [1.82, 2.24) is 5.32 Å². The molecule has 0 spiro atoms. The normalized spacial score (nSPS) is 14.5. The monoisotopic (exact) mass is 299 g/mol. The van der Waals surface area contributed by atoms with Crippen LogP contribution in [-0.2, 0) is 6.54 Å². The van der Waals surface area contributed by atoms with Crippen LogP contribution in [0.1, 0.15) is 35.1 Å². The van der Waals surface area contributed by atoms with Gasteiger partial charge in [0.15, 0.2) is 0 Å². The molecule has 3 rings (SSSR count). The largest absolute Gasteiger partial charge is 0.310 e. The van der Waals surface area contributed by atoms with Crippen LogP contribution in [0.4, 0.5) is 0 Å². The van der Waals surface area contributed by atoms with Crippen LogP contribution < -0.4 is 5.32 Å². The molecule has 1 N–H and O–H groups in total. The highest BCUT2D eigenvalue weighted by Gasteiger charge is 2.20. The van der Waals surface area contributed by atoms with Gasteiger partial charge in [0.2, 0.25) is 0 Å². The minimum atomic E-state index is 0.717. The molecule has 0 saturated heterocycles. The second-order valence-electron chi connectivity index (χ2n) is 6.21. The third kappa shape index (κ3) is 3.30. The summed E-state index contributed by atoms with van der Waals surface area (Å²) in [7, 11) is 0. The lowest BCUT2D eigenvalue weighted by molar-refractivity contribution is 0.689. The number of benzene rings is 2. The number of hydrogen-bond acceptors (Lipinski definition) is 1. The first-order valence-corrected chi connectivity index (χ1v) is 8.02. The quantitative estimate of drug-likeness (QED) is 0.820. The lowest BCUT2D eigenvalue weighted by atomic mass is 9.92. The molecule has 0 amide bonds. The first-order chi connectivity index (χ1) is 10.0. The Labute approximate surface area is 132 Å². The average Bonchev–Trinajstić information content (AvgIpc) is 3.25. The van der Waals surface area contributed by atoms with Gasteiger partial charge in [-0.25, -0.2) is 0 Å². The van der Waals surface area contributed by atoms with E-state index in [9.17, 15) is 0 Å². The van der Waals surface area contributed by atoms with Crippen molar-refractivity contribution in [1.29, 1.82) is 0 Å². The van der Waals surface area contributed by atoms with Crippen molar-refractivity contribution < 1.29 is 0 Å². The van der Waals surface area contributed by atoms with Gasteiger partial charge in [-0.05, 0) is 79.1 Å². The average molecular weight is 300 g/mol. The van der Waals surface area contributed by atoms with Crippen molar-refractivity contribution in [3.8, 4) is 11.1 Å². The second kappa shape index (κ2) is 5.82. The summed E-state index contributed by atoms with van der Waals surface area (Å²) in [6.07, 6.45) is 2.62. The van der Waals surface area contributed by atoms with Crippen LogP contribution in [0.3, 0.4) is 0 Å². The summed E-state index contributed by atoms with van der Waals surface area (Å²) in [6, 6.07) is 11.5. The summed E-state index contributed by atoms with van der Waals surface area (Å²) >= 11 is 6.24. The van der Waals surface area contributed by atoms with E-state index in [0.717, 1.165) is 17.6 Å². The fourth-order valence-electron chi connectivity index (χ4n) is 2.75. The van der Waals surface area contributed by atoms with Gasteiger partial charge in [-0.1, -0.05) is 29.8 Å². The van der Waals surface area contributed by atoms with Crippen molar-refractivity contribution in [3.05, 3.63) is 57.6 Å². The Bertz CT molecular complexity index is 672. The van der Waals surface area contributed by atoms with Crippen molar-refractivity contribution >= 4 is 11.6 Å². The van der Waals surface area contributed by atoms with Crippen molar-refractivity contribution in [2.24, 2.45) is 0 Å². The van der Waals surface area contributed by atoms with Gasteiger partial charge in [0.05, 0.1) is 0 Å². The highest BCUT2D eigenvalue weighted by atomic mass is 35.5. The van der Waals surface area contributed by atoms with E-state index in [0.29, 0.717) is 0 Å². The van der Waals surface area contributed by atoms with Crippen molar-refractivity contribution in [2.45, 2.75) is 46.2 Å². The zero-order valence-corrected chi connectivity index (χ0v) is 13.7. The molecule has 2 aromatic rings. The van der Waals surface area contributed by atoms with Crippen LogP contribution in [0.5, 0.6) is 0 Å². The summed E-state index contributed by atoms with van der Waals surface area (Å²) in [5.74, 6) is 0. The fourth-order valence-corrected chi connectivity index (χ4v) is 2.92. The van der Waals surface area contributed by atoms with Crippen LogP contribution in [-0.4, -0.2) is 6.04 Å². The van der Waals surface area contributed by atoms with Crippen LogP contribution >= 0.6 is 11.6 Å². The number of aryl methyl sites for hydroxylation is 3. The van der Waals surface area contributed by atoms with Crippen LogP contribution in [0, 0.1) is 20.8 Å². The van der Waals surface area contributed by atoms with Crippen molar-refractivity contribution in [2.75, 3.05) is 0 Å². The first-order valence-electron chi connectivity index (χ1n) is 7.64. The molecule has 1 nitrogen and oxygen atoms in total. The molecule has 0 aliphatic heterocycles. The Hall–Kier alpha value is -1.31. The molecule has 1 saturated carbocycles. The SMILES string of the molecule is Cc1cc(C)c(-c2cc(Cl)ccc2CNC2CC2)cc1C. The Kier molecular flexibility index (Phi) is 4.05. The highest BCUT2D eigenvalue weighted by molar-refractivity contribution is 6.30. The minimum Gasteiger partial charge on any atom is -0.310 e. The molecule has 0 unspecified atom stereocenters. The summed E-state index contributed by atoms with van der Waals surface area (Å²) in [5, 5.41) is 4.41. The third-order valence-corrected chi connectivity index (χ3v) is 4.60. The van der Waals surface area contributed by atoms with Gasteiger partial charge in [0.25, 0.3) is 0 Å². The molecule has 110 valence electrons. The van der Waals surface area contributed by atoms with Crippen LogP contribution in [0.2, 0.25) is 5.02 Å². The fraction of sp³-hybridized carbons (Fsp3) is 0.368. The van der Waals surface area contributed by atoms with Crippen LogP contribution in [0.25, 0.3) is 11.1 Å². The molecule has 1 aliphatic carbocycles. The maximum atomic E-state index is 6.24. The van der Waals surface area contributed by atoms with Gasteiger partial charge in [-0.15, -0.1) is 0 Å². The lowest BCUT2D eigenvalue weighted by Crippen LogP contribution is -2.16. The van der Waals surface area contributed by atoms with E-state index in [1.165, 1.54) is 46.2 Å². The topological polar surface area (TPSA) is 12.0 Å². The molecular formula is C19H22ClN. The molecule has 0 atom stereocenters. The molecule has 0 heterocycles. The zero-order chi connectivity index (χ0) is 15.0. The zero-order valence-electron chi connectivity index (χ0n) is 13.0. The molecule has 2 aromatic carbocycles. The smallest absolute Gasteiger partial charge is 0.0412 e. The molecular weight excluding hydrogens is 278 g/mol. The molecule has 1 fully saturated rings. The van der Waals surface area contributed by atoms with E-state index in [1.54, 1.807) is 0 Å². The van der Waals surface area contributed by atoms with E-state index in [4.69, 9.17) is 11.6 Å². The predicted molar refractivity (Wildman–Crippen MR) is 91.0 cm³/mol. The molecule has 2 heteroatoms. The molecule has 0 bridgehead atoms. The Balaban J connectivity index is 2.02. The molecule has 1 aliphatic rings. The first kappa shape index (κ1) is 14.6. The third-order valence-electron chi connectivity index (χ3n) is 4.36. The van der Waals surface area contributed by atoms with Crippen molar-refractivity contribution in [3.63, 3.8) is 0 Å².